The molecule has 0 heterocycles. The zero-order chi connectivity index (χ0) is 30.8. The molecule has 0 bridgehead atoms. The molecule has 0 aliphatic carbocycles. The number of benzene rings is 2. The molecule has 3 amide bonds. The summed E-state index contributed by atoms with van der Waals surface area (Å²) in [6.45, 7) is 15.1. The van der Waals surface area contributed by atoms with E-state index in [4.69, 9.17) is 11.2 Å². The van der Waals surface area contributed by atoms with E-state index in [1.54, 1.807) is 37.8 Å². The van der Waals surface area contributed by atoms with Gasteiger partial charge in [-0.3, -0.25) is 9.59 Å². The number of amides is 3. The van der Waals surface area contributed by atoms with Crippen molar-refractivity contribution in [3.05, 3.63) is 71.3 Å². The van der Waals surface area contributed by atoms with Crippen LogP contribution < -0.4 is 10.6 Å². The number of carbonyl (C=O) groups excluding carboxylic acids is 3. The van der Waals surface area contributed by atoms with E-state index in [0.717, 1.165) is 18.4 Å². The fourth-order valence-electron chi connectivity index (χ4n) is 4.70. The second-order valence-electron chi connectivity index (χ2n) is 12.1. The molecule has 7 heteroatoms. The minimum Gasteiger partial charge on any atom is -0.444 e. The molecule has 0 aliphatic rings. The lowest BCUT2D eigenvalue weighted by molar-refractivity contribution is -0.149. The van der Waals surface area contributed by atoms with Gasteiger partial charge in [0.25, 0.3) is 0 Å². The van der Waals surface area contributed by atoms with Crippen LogP contribution in [0, 0.1) is 12.3 Å². The summed E-state index contributed by atoms with van der Waals surface area (Å²) in [6, 6.07) is 14.5. The Kier molecular flexibility index (Phi) is 12.0. The smallest absolute Gasteiger partial charge is 0.408 e. The quantitative estimate of drug-likeness (QED) is 0.304. The summed E-state index contributed by atoms with van der Waals surface area (Å²) in [6.07, 6.45) is 7.63. The molecule has 7 nitrogen and oxygen atoms in total. The van der Waals surface area contributed by atoms with Gasteiger partial charge in [0, 0.05) is 23.6 Å². The van der Waals surface area contributed by atoms with E-state index in [1.165, 1.54) is 0 Å². The van der Waals surface area contributed by atoms with Crippen LogP contribution >= 0.6 is 0 Å². The first-order valence-electron chi connectivity index (χ1n) is 14.5. The van der Waals surface area contributed by atoms with Gasteiger partial charge in [0.05, 0.1) is 0 Å². The highest BCUT2D eigenvalue weighted by Gasteiger charge is 2.44. The molecule has 0 fully saturated rings. The lowest BCUT2D eigenvalue weighted by atomic mass is 9.89. The van der Waals surface area contributed by atoms with Crippen LogP contribution in [0.5, 0.6) is 0 Å². The minimum atomic E-state index is -1.03. The third kappa shape index (κ3) is 9.67. The Morgan fingerprint density at radius 3 is 2.12 bits per heavy atom. The van der Waals surface area contributed by atoms with Gasteiger partial charge in [-0.2, -0.15) is 0 Å². The zero-order valence-electron chi connectivity index (χ0n) is 25.9. The molecule has 2 aromatic carbocycles. The molecule has 0 radical (unpaired) electrons. The minimum absolute atomic E-state index is 0.102. The summed E-state index contributed by atoms with van der Waals surface area (Å²) >= 11 is 0. The fourth-order valence-corrected chi connectivity index (χ4v) is 4.70. The molecule has 0 aliphatic heterocycles. The summed E-state index contributed by atoms with van der Waals surface area (Å²) in [7, 11) is 0. The number of alkyl carbamates (subject to hydrolysis) is 1. The predicted molar refractivity (Wildman–Crippen MR) is 164 cm³/mol. The van der Waals surface area contributed by atoms with Crippen LogP contribution in [-0.4, -0.2) is 46.0 Å². The Morgan fingerprint density at radius 1 is 0.951 bits per heavy atom. The van der Waals surface area contributed by atoms with E-state index < -0.39 is 35.2 Å². The molecule has 2 N–H and O–H groups in total. The van der Waals surface area contributed by atoms with E-state index in [2.05, 4.69) is 23.5 Å². The second-order valence-corrected chi connectivity index (χ2v) is 12.1. The molecule has 0 aromatic heterocycles. The molecule has 3 unspecified atom stereocenters. The van der Waals surface area contributed by atoms with E-state index in [-0.39, 0.29) is 18.4 Å². The lowest BCUT2D eigenvalue weighted by Crippen LogP contribution is -2.60. The first-order chi connectivity index (χ1) is 19.2. The SMILES string of the molecule is C#Cc1ccccc1C(C(=O)NC(C)CCC)N(C(=O)C(Cc1ccccc1)NC(=O)OC(C)(C)C)C(C)(C)CC. The van der Waals surface area contributed by atoms with Crippen molar-refractivity contribution in [1.82, 2.24) is 15.5 Å². The normalized spacial score (nSPS) is 13.7. The molecule has 2 aromatic rings. The number of hydrogen-bond acceptors (Lipinski definition) is 4. The number of terminal acetylenes is 1. The van der Waals surface area contributed by atoms with Gasteiger partial charge in [0.2, 0.25) is 11.8 Å². The van der Waals surface area contributed by atoms with E-state index in [9.17, 15) is 14.4 Å². The van der Waals surface area contributed by atoms with E-state index in [1.807, 2.05) is 70.2 Å². The van der Waals surface area contributed by atoms with Crippen molar-refractivity contribution in [2.24, 2.45) is 0 Å². The average molecular weight is 562 g/mol. The van der Waals surface area contributed by atoms with Crippen molar-refractivity contribution in [1.29, 1.82) is 0 Å². The maximum atomic E-state index is 14.7. The van der Waals surface area contributed by atoms with Crippen molar-refractivity contribution < 1.29 is 19.1 Å². The molecule has 0 saturated heterocycles. The molecule has 222 valence electrons. The van der Waals surface area contributed by atoms with Crippen molar-refractivity contribution in [2.45, 2.75) is 110 Å². The third-order valence-electron chi connectivity index (χ3n) is 7.05. The van der Waals surface area contributed by atoms with Crippen molar-refractivity contribution in [3.8, 4) is 12.3 Å². The molecule has 41 heavy (non-hydrogen) atoms. The molecule has 3 atom stereocenters. The number of ether oxygens (including phenoxy) is 1. The summed E-state index contributed by atoms with van der Waals surface area (Å²) in [5.74, 6) is 1.97. The highest BCUT2D eigenvalue weighted by atomic mass is 16.6. The van der Waals surface area contributed by atoms with Gasteiger partial charge in [-0.1, -0.05) is 74.7 Å². The van der Waals surface area contributed by atoms with Crippen LogP contribution in [0.25, 0.3) is 0 Å². The third-order valence-corrected chi connectivity index (χ3v) is 7.05. The zero-order valence-corrected chi connectivity index (χ0v) is 25.9. The topological polar surface area (TPSA) is 87.7 Å². The Morgan fingerprint density at radius 2 is 1.56 bits per heavy atom. The number of carbonyl (C=O) groups is 3. The molecular formula is C34H47N3O4. The summed E-state index contributed by atoms with van der Waals surface area (Å²) < 4.78 is 5.53. The van der Waals surface area contributed by atoms with Gasteiger partial charge in [0.15, 0.2) is 0 Å². The lowest BCUT2D eigenvalue weighted by Gasteiger charge is -2.45. The van der Waals surface area contributed by atoms with Crippen LogP contribution in [0.3, 0.4) is 0 Å². The van der Waals surface area contributed by atoms with Gasteiger partial charge in [-0.05, 0) is 71.6 Å². The second kappa shape index (κ2) is 14.7. The van der Waals surface area contributed by atoms with Crippen LogP contribution in [-0.2, 0) is 20.7 Å². The molecule has 2 rings (SSSR count). The molecule has 0 spiro atoms. The van der Waals surface area contributed by atoms with Gasteiger partial charge >= 0.3 is 6.09 Å². The van der Waals surface area contributed by atoms with Crippen LogP contribution in [0.2, 0.25) is 0 Å². The summed E-state index contributed by atoms with van der Waals surface area (Å²) in [4.78, 5) is 43.4. The largest absolute Gasteiger partial charge is 0.444 e. The van der Waals surface area contributed by atoms with Crippen molar-refractivity contribution in [3.63, 3.8) is 0 Å². The van der Waals surface area contributed by atoms with Crippen LogP contribution in [0.1, 0.15) is 97.4 Å². The average Bonchev–Trinajstić information content (AvgIpc) is 2.90. The summed E-state index contributed by atoms with van der Waals surface area (Å²) in [5.41, 5.74) is 0.412. The van der Waals surface area contributed by atoms with Gasteiger partial charge in [-0.15, -0.1) is 6.42 Å². The molecule has 0 saturated carbocycles. The monoisotopic (exact) mass is 561 g/mol. The number of hydrogen-bond donors (Lipinski definition) is 2. The Hall–Kier alpha value is -3.79. The highest BCUT2D eigenvalue weighted by Crippen LogP contribution is 2.34. The van der Waals surface area contributed by atoms with Crippen molar-refractivity contribution >= 4 is 17.9 Å². The standard InChI is InChI=1S/C34H47N3O4/c1-10-18-24(4)35-30(38)29(27-22-17-16-21-26(27)11-2)37(34(8,9)12-3)31(39)28(23-25-19-14-13-15-20-25)36-32(40)41-33(5,6)7/h2,13-17,19-22,24,28-29H,10,12,18,23H2,1,3-9H3,(H,35,38)(H,36,40). The maximum Gasteiger partial charge on any atom is 0.408 e. The van der Waals surface area contributed by atoms with Gasteiger partial charge < -0.3 is 20.3 Å². The first-order valence-corrected chi connectivity index (χ1v) is 14.5. The fraction of sp³-hybridized carbons (Fsp3) is 0.500. The Labute approximate surface area is 246 Å². The van der Waals surface area contributed by atoms with E-state index in [0.29, 0.717) is 17.5 Å². The van der Waals surface area contributed by atoms with Crippen LogP contribution in [0.4, 0.5) is 4.79 Å². The van der Waals surface area contributed by atoms with Gasteiger partial charge in [-0.25, -0.2) is 4.79 Å². The Bertz CT molecular complexity index is 1210. The first kappa shape index (κ1) is 33.4. The van der Waals surface area contributed by atoms with Crippen molar-refractivity contribution in [2.75, 3.05) is 0 Å². The number of nitrogens with one attached hydrogen (secondary N) is 2. The highest BCUT2D eigenvalue weighted by molar-refractivity contribution is 5.93. The molecular weight excluding hydrogens is 514 g/mol. The van der Waals surface area contributed by atoms with Gasteiger partial charge in [0.1, 0.15) is 17.7 Å². The number of nitrogens with zero attached hydrogens (tertiary/aromatic N) is 1. The summed E-state index contributed by atoms with van der Waals surface area (Å²) in [5, 5.41) is 5.92. The van der Waals surface area contributed by atoms with Crippen LogP contribution in [0.15, 0.2) is 54.6 Å². The predicted octanol–water partition coefficient (Wildman–Crippen LogP) is 6.17. The van der Waals surface area contributed by atoms with E-state index >= 15 is 0 Å². The Balaban J connectivity index is 2.71. The maximum absolute atomic E-state index is 14.7. The number of rotatable bonds is 12.